The smallest absolute Gasteiger partial charge is 0.443 e. The van der Waals surface area contributed by atoms with E-state index in [9.17, 15) is 18.0 Å². The Hall–Kier alpha value is -3.35. The lowest BCUT2D eigenvalue weighted by Crippen LogP contribution is -2.54. The molecular weight excluding hydrogens is 485 g/mol. The lowest BCUT2D eigenvalue weighted by molar-refractivity contribution is -0.137. The Labute approximate surface area is 203 Å². The first-order valence-corrected chi connectivity index (χ1v) is 11.8. The lowest BCUT2D eigenvalue weighted by Gasteiger charge is -2.40. The van der Waals surface area contributed by atoms with Crippen LogP contribution in [0, 0.1) is 13.8 Å². The molecule has 0 aliphatic carbocycles. The first kappa shape index (κ1) is 23.4. The molecule has 0 radical (unpaired) electrons. The van der Waals surface area contributed by atoms with Crippen LogP contribution in [0.2, 0.25) is 0 Å². The van der Waals surface area contributed by atoms with Crippen molar-refractivity contribution < 1.29 is 27.4 Å². The topological polar surface area (TPSA) is 85.6 Å². The van der Waals surface area contributed by atoms with Crippen LogP contribution in [0.25, 0.3) is 11.3 Å². The molecule has 3 aromatic rings. The third-order valence-corrected chi connectivity index (χ3v) is 7.14. The first-order chi connectivity index (χ1) is 16.6. The number of carbonyl (C=O) groups excluding carboxylic acids is 1. The second-order valence-corrected chi connectivity index (χ2v) is 9.46. The van der Waals surface area contributed by atoms with Crippen LogP contribution in [0.3, 0.4) is 0 Å². The number of benzene rings is 1. The molecule has 0 spiro atoms. The van der Waals surface area contributed by atoms with E-state index in [-0.39, 0.29) is 31.0 Å². The van der Waals surface area contributed by atoms with E-state index in [1.807, 2.05) is 11.8 Å². The van der Waals surface area contributed by atoms with E-state index in [0.717, 1.165) is 0 Å². The number of piperazine rings is 1. The van der Waals surface area contributed by atoms with Crippen molar-refractivity contribution in [2.45, 2.75) is 39.5 Å². The van der Waals surface area contributed by atoms with Gasteiger partial charge < -0.3 is 19.3 Å². The molecule has 2 aliphatic rings. The van der Waals surface area contributed by atoms with Crippen molar-refractivity contribution in [2.24, 2.45) is 0 Å². The number of anilines is 1. The molecule has 13 heteroatoms. The van der Waals surface area contributed by atoms with Gasteiger partial charge >= 0.3 is 6.18 Å². The number of aryl methyl sites for hydroxylation is 2. The largest absolute Gasteiger partial charge is 0.454 e. The van der Waals surface area contributed by atoms with Gasteiger partial charge in [0.05, 0.1) is 0 Å². The van der Waals surface area contributed by atoms with Crippen LogP contribution in [0.15, 0.2) is 18.2 Å². The predicted octanol–water partition coefficient (Wildman–Crippen LogP) is 3.50. The summed E-state index contributed by atoms with van der Waals surface area (Å²) in [6.45, 7) is 6.68. The quantitative estimate of drug-likeness (QED) is 0.533. The summed E-state index contributed by atoms with van der Waals surface area (Å²) in [6, 6.07) is 4.77. The highest BCUT2D eigenvalue weighted by atomic mass is 32.1. The van der Waals surface area contributed by atoms with E-state index in [2.05, 4.69) is 15.1 Å². The zero-order valence-electron chi connectivity index (χ0n) is 19.3. The standard InChI is InChI=1S/C22H23F3N6O3S/c1-12-9-29(6-7-30(12)18(32)10-31-14(3)26-13(2)28-31)20-19(27-21(35-20)22(23,24)25)15-4-5-16-17(8-15)34-11-33-16/h4-5,8,12H,6-7,9-11H2,1-3H3. The van der Waals surface area contributed by atoms with Crippen LogP contribution in [0.1, 0.15) is 23.6 Å². The number of alkyl halides is 3. The minimum atomic E-state index is -4.56. The van der Waals surface area contributed by atoms with Crippen molar-refractivity contribution in [3.8, 4) is 22.8 Å². The Kier molecular flexibility index (Phi) is 5.82. The summed E-state index contributed by atoms with van der Waals surface area (Å²) in [5.74, 6) is 2.15. The predicted molar refractivity (Wildman–Crippen MR) is 122 cm³/mol. The number of ether oxygens (including phenoxy) is 2. The number of thiazole rings is 1. The molecule has 1 aromatic carbocycles. The zero-order valence-corrected chi connectivity index (χ0v) is 20.1. The summed E-state index contributed by atoms with van der Waals surface area (Å²) in [5, 5.41) is 3.74. The maximum Gasteiger partial charge on any atom is 0.443 e. The molecule has 1 amide bonds. The fourth-order valence-electron chi connectivity index (χ4n) is 4.32. The molecule has 5 rings (SSSR count). The molecule has 35 heavy (non-hydrogen) atoms. The number of hydrogen-bond acceptors (Lipinski definition) is 8. The number of amides is 1. The fourth-order valence-corrected chi connectivity index (χ4v) is 5.31. The average Bonchev–Trinajstić information content (AvgIpc) is 3.51. The SMILES string of the molecule is Cc1nc(C)n(CC(=O)N2CCN(c3sc(C(F)(F)F)nc3-c3ccc4c(c3)OCO4)CC2C)n1. The van der Waals surface area contributed by atoms with Gasteiger partial charge in [-0.25, -0.2) is 14.6 Å². The number of hydrogen-bond donors (Lipinski definition) is 0. The minimum absolute atomic E-state index is 0.0672. The third-order valence-electron chi connectivity index (χ3n) is 5.98. The van der Waals surface area contributed by atoms with Crippen molar-refractivity contribution >= 4 is 22.2 Å². The van der Waals surface area contributed by atoms with Gasteiger partial charge in [-0.2, -0.15) is 18.3 Å². The molecule has 2 aliphatic heterocycles. The van der Waals surface area contributed by atoms with Crippen LogP contribution < -0.4 is 14.4 Å². The maximum atomic E-state index is 13.6. The van der Waals surface area contributed by atoms with Crippen LogP contribution in [0.4, 0.5) is 18.2 Å². The molecule has 1 unspecified atom stereocenters. The van der Waals surface area contributed by atoms with Crippen molar-refractivity contribution in [1.29, 1.82) is 0 Å². The summed E-state index contributed by atoms with van der Waals surface area (Å²) in [4.78, 5) is 24.7. The Bertz CT molecular complexity index is 1270. The van der Waals surface area contributed by atoms with Crippen molar-refractivity contribution in [3.63, 3.8) is 0 Å². The van der Waals surface area contributed by atoms with Gasteiger partial charge in [0.1, 0.15) is 28.9 Å². The summed E-state index contributed by atoms with van der Waals surface area (Å²) >= 11 is 0.612. The monoisotopic (exact) mass is 508 g/mol. The number of fused-ring (bicyclic) bond motifs is 1. The van der Waals surface area contributed by atoms with E-state index in [4.69, 9.17) is 9.47 Å². The van der Waals surface area contributed by atoms with Crippen LogP contribution in [-0.4, -0.2) is 63.0 Å². The Morgan fingerprint density at radius 3 is 2.63 bits per heavy atom. The summed E-state index contributed by atoms with van der Waals surface area (Å²) < 4.78 is 53.0. The van der Waals surface area contributed by atoms with Crippen LogP contribution >= 0.6 is 11.3 Å². The van der Waals surface area contributed by atoms with Crippen molar-refractivity contribution in [3.05, 3.63) is 34.9 Å². The molecule has 9 nitrogen and oxygen atoms in total. The highest BCUT2D eigenvalue weighted by Crippen LogP contribution is 2.45. The highest BCUT2D eigenvalue weighted by Gasteiger charge is 2.38. The van der Waals surface area contributed by atoms with E-state index in [1.165, 1.54) is 0 Å². The van der Waals surface area contributed by atoms with Crippen LogP contribution in [-0.2, 0) is 17.5 Å². The summed E-state index contributed by atoms with van der Waals surface area (Å²) in [7, 11) is 0. The maximum absolute atomic E-state index is 13.6. The molecule has 1 fully saturated rings. The summed E-state index contributed by atoms with van der Waals surface area (Å²) in [6.07, 6.45) is -4.56. The molecule has 1 atom stereocenters. The van der Waals surface area contributed by atoms with Gasteiger partial charge in [-0.05, 0) is 39.0 Å². The molecule has 0 saturated carbocycles. The van der Waals surface area contributed by atoms with E-state index in [1.54, 1.807) is 41.6 Å². The Morgan fingerprint density at radius 1 is 1.17 bits per heavy atom. The fraction of sp³-hybridized carbons (Fsp3) is 0.455. The van der Waals surface area contributed by atoms with E-state index >= 15 is 0 Å². The second kappa shape index (κ2) is 8.70. The van der Waals surface area contributed by atoms with Crippen LogP contribution in [0.5, 0.6) is 11.5 Å². The third kappa shape index (κ3) is 4.51. The summed E-state index contributed by atoms with van der Waals surface area (Å²) in [5.41, 5.74) is 0.750. The zero-order chi connectivity index (χ0) is 24.9. The second-order valence-electron chi connectivity index (χ2n) is 8.48. The van der Waals surface area contributed by atoms with E-state index < -0.39 is 11.2 Å². The molecule has 186 valence electrons. The number of halogens is 3. The highest BCUT2D eigenvalue weighted by molar-refractivity contribution is 7.16. The number of aromatic nitrogens is 4. The molecule has 0 bridgehead atoms. The molecule has 2 aromatic heterocycles. The van der Waals surface area contributed by atoms with Gasteiger partial charge in [0, 0.05) is 31.2 Å². The molecule has 0 N–H and O–H groups in total. The number of nitrogens with zero attached hydrogens (tertiary/aromatic N) is 6. The molecular formula is C22H23F3N6O3S. The molecule has 4 heterocycles. The van der Waals surface area contributed by atoms with Crippen molar-refractivity contribution in [1.82, 2.24) is 24.6 Å². The van der Waals surface area contributed by atoms with Gasteiger partial charge in [-0.1, -0.05) is 11.3 Å². The Morgan fingerprint density at radius 2 is 1.94 bits per heavy atom. The van der Waals surface area contributed by atoms with Gasteiger partial charge in [0.2, 0.25) is 17.7 Å². The number of carbonyl (C=O) groups is 1. The van der Waals surface area contributed by atoms with Gasteiger partial charge in [0.25, 0.3) is 0 Å². The Balaban J connectivity index is 1.39. The van der Waals surface area contributed by atoms with Gasteiger partial charge in [-0.15, -0.1) is 0 Å². The number of rotatable bonds is 4. The van der Waals surface area contributed by atoms with Crippen molar-refractivity contribution in [2.75, 3.05) is 31.3 Å². The lowest BCUT2D eigenvalue weighted by atomic mass is 10.1. The first-order valence-electron chi connectivity index (χ1n) is 11.0. The van der Waals surface area contributed by atoms with Gasteiger partial charge in [0.15, 0.2) is 11.5 Å². The molecule has 1 saturated heterocycles. The average molecular weight is 509 g/mol. The minimum Gasteiger partial charge on any atom is -0.454 e. The van der Waals surface area contributed by atoms with Gasteiger partial charge in [-0.3, -0.25) is 4.79 Å². The van der Waals surface area contributed by atoms with E-state index in [0.29, 0.717) is 64.7 Å². The normalized spacial score (nSPS) is 17.8.